The SMILES string of the molecule is CC(C)c1cccc(C(C)C)c1-c1[c-]c(-c2c(C(C)C)cccc2C(C)C)cc(C(C)(C)C)c1. The van der Waals surface area contributed by atoms with Gasteiger partial charge in [-0.25, -0.2) is 0 Å². The third-order valence-electron chi connectivity index (χ3n) is 7.02. The first kappa shape index (κ1) is 26.3. The van der Waals surface area contributed by atoms with Crippen molar-refractivity contribution in [2.45, 2.75) is 105 Å². The van der Waals surface area contributed by atoms with E-state index in [1.54, 1.807) is 0 Å². The summed E-state index contributed by atoms with van der Waals surface area (Å²) >= 11 is 0. The Kier molecular flexibility index (Phi) is 7.81. The molecule has 0 amide bonds. The van der Waals surface area contributed by atoms with E-state index in [0.29, 0.717) is 23.7 Å². The maximum atomic E-state index is 3.97. The van der Waals surface area contributed by atoms with Crippen molar-refractivity contribution in [1.29, 1.82) is 0 Å². The molecule has 0 heterocycles. The molecule has 0 radical (unpaired) electrons. The Morgan fingerprint density at radius 2 is 0.824 bits per heavy atom. The monoisotopic (exact) mass is 453 g/mol. The van der Waals surface area contributed by atoms with Gasteiger partial charge in [0.25, 0.3) is 0 Å². The van der Waals surface area contributed by atoms with Gasteiger partial charge in [0, 0.05) is 0 Å². The number of benzene rings is 3. The fraction of sp³-hybridized carbons (Fsp3) is 0.471. The van der Waals surface area contributed by atoms with Crippen LogP contribution in [0, 0.1) is 6.07 Å². The summed E-state index contributed by atoms with van der Waals surface area (Å²) in [4.78, 5) is 0. The lowest BCUT2D eigenvalue weighted by atomic mass is 9.78. The highest BCUT2D eigenvalue weighted by atomic mass is 14.3. The van der Waals surface area contributed by atoms with Gasteiger partial charge in [0.1, 0.15) is 0 Å². The highest BCUT2D eigenvalue weighted by molar-refractivity contribution is 5.81. The molecule has 0 saturated heterocycles. The molecule has 0 N–H and O–H groups in total. The highest BCUT2D eigenvalue weighted by Crippen LogP contribution is 2.42. The van der Waals surface area contributed by atoms with E-state index in [1.165, 1.54) is 50.1 Å². The summed E-state index contributed by atoms with van der Waals surface area (Å²) in [5.74, 6) is 1.83. The van der Waals surface area contributed by atoms with Crippen LogP contribution in [0.15, 0.2) is 48.5 Å². The molecule has 0 atom stereocenters. The molecular weight excluding hydrogens is 408 g/mol. The van der Waals surface area contributed by atoms with Gasteiger partial charge in [-0.2, -0.15) is 0 Å². The normalized spacial score (nSPS) is 12.4. The lowest BCUT2D eigenvalue weighted by Crippen LogP contribution is -2.12. The van der Waals surface area contributed by atoms with Gasteiger partial charge < -0.3 is 0 Å². The largest absolute Gasteiger partial charge is 0.122 e. The second-order valence-electron chi connectivity index (χ2n) is 12.2. The molecule has 0 nitrogen and oxygen atoms in total. The molecule has 3 rings (SSSR count). The van der Waals surface area contributed by atoms with Crippen LogP contribution in [0.3, 0.4) is 0 Å². The van der Waals surface area contributed by atoms with Crippen LogP contribution in [0.25, 0.3) is 22.3 Å². The second-order valence-corrected chi connectivity index (χ2v) is 12.2. The van der Waals surface area contributed by atoms with E-state index in [9.17, 15) is 0 Å². The first-order valence-corrected chi connectivity index (χ1v) is 13.2. The third kappa shape index (κ3) is 5.32. The van der Waals surface area contributed by atoms with E-state index in [-0.39, 0.29) is 5.41 Å². The van der Waals surface area contributed by atoms with Crippen LogP contribution in [-0.4, -0.2) is 0 Å². The molecule has 0 saturated carbocycles. The molecule has 3 aromatic carbocycles. The molecular formula is C34H45-. The Balaban J connectivity index is 2.47. The maximum absolute atomic E-state index is 3.97. The Morgan fingerprint density at radius 1 is 0.529 bits per heavy atom. The highest BCUT2D eigenvalue weighted by Gasteiger charge is 2.18. The summed E-state index contributed by atoms with van der Waals surface area (Å²) in [5.41, 5.74) is 12.3. The van der Waals surface area contributed by atoms with Crippen molar-refractivity contribution < 1.29 is 0 Å². The van der Waals surface area contributed by atoms with Crippen LogP contribution in [0.4, 0.5) is 0 Å². The van der Waals surface area contributed by atoms with Crippen molar-refractivity contribution in [3.8, 4) is 22.3 Å². The zero-order valence-electron chi connectivity index (χ0n) is 23.4. The summed E-state index contributed by atoms with van der Waals surface area (Å²) in [6.07, 6.45) is 0. The van der Waals surface area contributed by atoms with E-state index in [1.807, 2.05) is 0 Å². The van der Waals surface area contributed by atoms with Crippen molar-refractivity contribution >= 4 is 0 Å². The minimum Gasteiger partial charge on any atom is -0.122 e. The van der Waals surface area contributed by atoms with Gasteiger partial charge in [-0.1, -0.05) is 146 Å². The summed E-state index contributed by atoms with van der Waals surface area (Å²) < 4.78 is 0. The van der Waals surface area contributed by atoms with Crippen molar-refractivity contribution in [1.82, 2.24) is 0 Å². The smallest absolute Gasteiger partial charge is 0.0270 e. The number of hydrogen-bond acceptors (Lipinski definition) is 0. The summed E-state index contributed by atoms with van der Waals surface area (Å²) in [6.45, 7) is 25.4. The second kappa shape index (κ2) is 10.1. The Hall–Kier alpha value is -2.34. The van der Waals surface area contributed by atoms with Gasteiger partial charge >= 0.3 is 0 Å². The van der Waals surface area contributed by atoms with Gasteiger partial charge in [-0.05, 0) is 29.1 Å². The lowest BCUT2D eigenvalue weighted by molar-refractivity contribution is 0.590. The van der Waals surface area contributed by atoms with E-state index >= 15 is 0 Å². The molecule has 0 fully saturated rings. The van der Waals surface area contributed by atoms with Crippen LogP contribution in [-0.2, 0) is 5.41 Å². The molecule has 3 aromatic rings. The topological polar surface area (TPSA) is 0 Å². The summed E-state index contributed by atoms with van der Waals surface area (Å²) in [6, 6.07) is 22.5. The van der Waals surface area contributed by atoms with E-state index in [4.69, 9.17) is 0 Å². The quantitative estimate of drug-likeness (QED) is 0.325. The van der Waals surface area contributed by atoms with E-state index in [0.717, 1.165) is 0 Å². The third-order valence-corrected chi connectivity index (χ3v) is 7.02. The number of rotatable bonds is 6. The molecule has 182 valence electrons. The standard InChI is InChI=1S/C34H45/c1-21(2)28-14-12-15-29(22(3)4)32(28)25-18-26(20-27(19-25)34(9,10)11)33-30(23(5)6)16-13-17-31(33)24(7)8/h12-17,19-24H,1-11H3/q-1. The zero-order valence-corrected chi connectivity index (χ0v) is 23.4. The van der Waals surface area contributed by atoms with Crippen LogP contribution < -0.4 is 0 Å². The van der Waals surface area contributed by atoms with Crippen molar-refractivity contribution in [3.05, 3.63) is 82.4 Å². The fourth-order valence-electron chi connectivity index (χ4n) is 5.00. The van der Waals surface area contributed by atoms with Gasteiger partial charge in [-0.15, -0.1) is 34.9 Å². The number of hydrogen-bond donors (Lipinski definition) is 0. The molecule has 0 aliphatic heterocycles. The molecule has 0 aliphatic carbocycles. The summed E-state index contributed by atoms with van der Waals surface area (Å²) in [5, 5.41) is 0. The lowest BCUT2D eigenvalue weighted by Gasteiger charge is -2.31. The molecule has 0 bridgehead atoms. The Morgan fingerprint density at radius 3 is 1.06 bits per heavy atom. The first-order valence-electron chi connectivity index (χ1n) is 13.2. The predicted octanol–water partition coefficient (Wildman–Crippen LogP) is 10.6. The minimum atomic E-state index is 0.0497. The van der Waals surface area contributed by atoms with Crippen LogP contribution in [0.5, 0.6) is 0 Å². The van der Waals surface area contributed by atoms with Gasteiger partial charge in [-0.3, -0.25) is 0 Å². The maximum Gasteiger partial charge on any atom is -0.0270 e. The molecule has 34 heavy (non-hydrogen) atoms. The first-order chi connectivity index (χ1) is 15.8. The van der Waals surface area contributed by atoms with Crippen LogP contribution >= 0.6 is 0 Å². The van der Waals surface area contributed by atoms with Gasteiger partial charge in [0.15, 0.2) is 0 Å². The van der Waals surface area contributed by atoms with E-state index in [2.05, 4.69) is 131 Å². The molecule has 0 spiro atoms. The predicted molar refractivity (Wildman–Crippen MR) is 151 cm³/mol. The molecule has 0 heteroatoms. The van der Waals surface area contributed by atoms with Crippen molar-refractivity contribution in [2.75, 3.05) is 0 Å². The minimum absolute atomic E-state index is 0.0497. The van der Waals surface area contributed by atoms with Crippen molar-refractivity contribution in [2.24, 2.45) is 0 Å². The fourth-order valence-corrected chi connectivity index (χ4v) is 5.00. The van der Waals surface area contributed by atoms with Gasteiger partial charge in [0.2, 0.25) is 0 Å². The Labute approximate surface area is 209 Å². The average Bonchev–Trinajstić information content (AvgIpc) is 2.76. The van der Waals surface area contributed by atoms with E-state index < -0.39 is 0 Å². The molecule has 0 aromatic heterocycles. The molecule has 0 unspecified atom stereocenters. The van der Waals surface area contributed by atoms with Crippen LogP contribution in [0.2, 0.25) is 0 Å². The van der Waals surface area contributed by atoms with Gasteiger partial charge in [0.05, 0.1) is 0 Å². The van der Waals surface area contributed by atoms with Crippen molar-refractivity contribution in [3.63, 3.8) is 0 Å². The Bertz CT molecular complexity index is 999. The van der Waals surface area contributed by atoms with Crippen LogP contribution in [0.1, 0.15) is 128 Å². The molecule has 0 aliphatic rings. The average molecular weight is 454 g/mol. The zero-order chi connectivity index (χ0) is 25.4. The summed E-state index contributed by atoms with van der Waals surface area (Å²) in [7, 11) is 0.